The van der Waals surface area contributed by atoms with Gasteiger partial charge in [0.25, 0.3) is 10.1 Å². The molecule has 0 spiro atoms. The van der Waals surface area contributed by atoms with Crippen LogP contribution < -0.4 is 10.5 Å². The predicted octanol–water partition coefficient (Wildman–Crippen LogP) is 3.72. The summed E-state index contributed by atoms with van der Waals surface area (Å²) in [6, 6.07) is 22.0. The van der Waals surface area contributed by atoms with Crippen molar-refractivity contribution < 1.29 is 25.9 Å². The van der Waals surface area contributed by atoms with Gasteiger partial charge in [-0.2, -0.15) is 16.8 Å². The number of anilines is 2. The van der Waals surface area contributed by atoms with E-state index in [1.807, 2.05) is 18.2 Å². The average molecular weight is 447 g/mol. The quantitative estimate of drug-likeness (QED) is 0.277. The maximum atomic E-state index is 11.1. The first-order valence-corrected chi connectivity index (χ1v) is 11.4. The maximum absolute atomic E-state index is 11.1. The fraction of sp³-hybridized carbons (Fsp3) is 0. The lowest BCUT2D eigenvalue weighted by Crippen LogP contribution is -2.10. The largest absolute Gasteiger partial charge is 0.398 e. The SMILES string of the molecule is Nc1ccc(S(=O)(=O)O)c2ccccc12.O=S(=O)(O)Nc1cccc2ccccc12. The number of benzene rings is 4. The van der Waals surface area contributed by atoms with Crippen molar-refractivity contribution in [1.29, 1.82) is 0 Å². The van der Waals surface area contributed by atoms with Crippen molar-refractivity contribution in [3.63, 3.8) is 0 Å². The number of nitrogens with one attached hydrogen (secondary N) is 1. The molecule has 10 heteroatoms. The van der Waals surface area contributed by atoms with Crippen LogP contribution >= 0.6 is 0 Å². The second-order valence-electron chi connectivity index (χ2n) is 6.28. The highest BCUT2D eigenvalue weighted by atomic mass is 32.2. The van der Waals surface area contributed by atoms with E-state index in [2.05, 4.69) is 4.72 Å². The van der Waals surface area contributed by atoms with Crippen LogP contribution in [0.3, 0.4) is 0 Å². The molecule has 0 aromatic heterocycles. The molecule has 0 aliphatic heterocycles. The summed E-state index contributed by atoms with van der Waals surface area (Å²) < 4.78 is 63.3. The van der Waals surface area contributed by atoms with Gasteiger partial charge in [-0.15, -0.1) is 0 Å². The molecule has 0 unspecified atom stereocenters. The monoisotopic (exact) mass is 446 g/mol. The Morgan fingerprint density at radius 2 is 1.23 bits per heavy atom. The minimum atomic E-state index is -4.22. The lowest BCUT2D eigenvalue weighted by atomic mass is 10.1. The van der Waals surface area contributed by atoms with Crippen LogP contribution in [-0.2, 0) is 20.4 Å². The van der Waals surface area contributed by atoms with Crippen molar-refractivity contribution in [2.75, 3.05) is 10.5 Å². The Morgan fingerprint density at radius 1 is 0.667 bits per heavy atom. The molecule has 8 nitrogen and oxygen atoms in total. The molecule has 0 fully saturated rings. The third-order valence-corrected chi connectivity index (χ3v) is 5.61. The van der Waals surface area contributed by atoms with Crippen molar-refractivity contribution in [2.45, 2.75) is 4.90 Å². The highest BCUT2D eigenvalue weighted by Gasteiger charge is 2.14. The summed E-state index contributed by atoms with van der Waals surface area (Å²) in [4.78, 5) is -0.118. The van der Waals surface area contributed by atoms with Gasteiger partial charge in [0.2, 0.25) is 0 Å². The zero-order chi connectivity index (χ0) is 21.9. The number of hydrogen-bond acceptors (Lipinski definition) is 5. The van der Waals surface area contributed by atoms with E-state index >= 15 is 0 Å². The van der Waals surface area contributed by atoms with Gasteiger partial charge < -0.3 is 5.73 Å². The molecular weight excluding hydrogens is 428 g/mol. The highest BCUT2D eigenvalue weighted by molar-refractivity contribution is 7.87. The van der Waals surface area contributed by atoms with Crippen LogP contribution in [0.5, 0.6) is 0 Å². The van der Waals surface area contributed by atoms with Gasteiger partial charge in [-0.25, -0.2) is 0 Å². The smallest absolute Gasteiger partial charge is 0.357 e. The summed E-state index contributed by atoms with van der Waals surface area (Å²) in [6.45, 7) is 0. The molecule has 0 saturated carbocycles. The van der Waals surface area contributed by atoms with Gasteiger partial charge in [0.05, 0.1) is 5.69 Å². The Labute approximate surface area is 173 Å². The summed E-state index contributed by atoms with van der Waals surface area (Å²) in [5, 5.41) is 2.71. The van der Waals surface area contributed by atoms with Gasteiger partial charge in [-0.3, -0.25) is 13.8 Å². The third kappa shape index (κ3) is 5.05. The maximum Gasteiger partial charge on any atom is 0.357 e. The Hall–Kier alpha value is -3.18. The second-order valence-corrected chi connectivity index (χ2v) is 8.82. The summed E-state index contributed by atoms with van der Waals surface area (Å²) in [6.07, 6.45) is 0. The molecule has 0 atom stereocenters. The molecule has 0 bridgehead atoms. The van der Waals surface area contributed by atoms with E-state index in [4.69, 9.17) is 14.8 Å². The number of fused-ring (bicyclic) bond motifs is 2. The molecule has 4 aromatic carbocycles. The lowest BCUT2D eigenvalue weighted by molar-refractivity contribution is 0.483. The van der Waals surface area contributed by atoms with Crippen molar-refractivity contribution >= 4 is 53.3 Å². The summed E-state index contributed by atoms with van der Waals surface area (Å²) >= 11 is 0. The average Bonchev–Trinajstić information content (AvgIpc) is 2.67. The van der Waals surface area contributed by atoms with Crippen molar-refractivity contribution in [2.24, 2.45) is 0 Å². The molecule has 4 rings (SSSR count). The molecule has 0 heterocycles. The van der Waals surface area contributed by atoms with Gasteiger partial charge in [-0.05, 0) is 23.6 Å². The van der Waals surface area contributed by atoms with Crippen LogP contribution in [0.15, 0.2) is 83.8 Å². The van der Waals surface area contributed by atoms with E-state index in [9.17, 15) is 16.8 Å². The normalized spacial score (nSPS) is 11.7. The van der Waals surface area contributed by atoms with E-state index in [1.165, 1.54) is 12.1 Å². The topological polar surface area (TPSA) is 147 Å². The van der Waals surface area contributed by atoms with Gasteiger partial charge in [0.1, 0.15) is 4.90 Å². The van der Waals surface area contributed by atoms with Gasteiger partial charge >= 0.3 is 10.3 Å². The second kappa shape index (κ2) is 8.28. The van der Waals surface area contributed by atoms with Crippen LogP contribution in [0.1, 0.15) is 0 Å². The van der Waals surface area contributed by atoms with Crippen LogP contribution in [0, 0.1) is 0 Å². The molecule has 0 radical (unpaired) electrons. The van der Waals surface area contributed by atoms with Crippen molar-refractivity contribution in [3.8, 4) is 0 Å². The third-order valence-electron chi connectivity index (χ3n) is 4.22. The number of hydrogen-bond donors (Lipinski definition) is 4. The molecule has 4 aromatic rings. The molecule has 0 saturated heterocycles. The number of nitrogens with two attached hydrogens (primary N) is 1. The minimum absolute atomic E-state index is 0.118. The molecule has 30 heavy (non-hydrogen) atoms. The first-order chi connectivity index (χ1) is 14.1. The molecule has 0 aliphatic carbocycles. The molecule has 0 amide bonds. The number of nitrogen functional groups attached to an aromatic ring is 1. The fourth-order valence-corrected chi connectivity index (χ4v) is 4.12. The first kappa shape index (κ1) is 21.5. The van der Waals surface area contributed by atoms with Crippen LogP contribution in [-0.4, -0.2) is 25.9 Å². The van der Waals surface area contributed by atoms with Crippen molar-refractivity contribution in [3.05, 3.63) is 78.9 Å². The number of rotatable bonds is 3. The highest BCUT2D eigenvalue weighted by Crippen LogP contribution is 2.27. The standard InChI is InChI=1S/2C10H9NO3S/c12-15(13,14)11-10-7-3-5-8-4-1-2-6-9(8)10;11-9-5-6-10(15(12,13)14)8-4-2-1-3-7(8)9/h1-7,11H,(H,12,13,14);1-6H,11H2,(H,12,13,14). The van der Waals surface area contributed by atoms with E-state index < -0.39 is 20.4 Å². The Balaban J connectivity index is 0.000000171. The van der Waals surface area contributed by atoms with Crippen molar-refractivity contribution in [1.82, 2.24) is 0 Å². The summed E-state index contributed by atoms with van der Waals surface area (Å²) in [5.41, 5.74) is 6.55. The van der Waals surface area contributed by atoms with E-state index in [-0.39, 0.29) is 4.90 Å². The fourth-order valence-electron chi connectivity index (χ4n) is 2.97. The van der Waals surface area contributed by atoms with E-state index in [1.54, 1.807) is 48.5 Å². The predicted molar refractivity (Wildman–Crippen MR) is 117 cm³/mol. The molecule has 5 N–H and O–H groups in total. The van der Waals surface area contributed by atoms with Crippen LogP contribution in [0.4, 0.5) is 11.4 Å². The zero-order valence-electron chi connectivity index (χ0n) is 15.4. The Morgan fingerprint density at radius 3 is 1.87 bits per heavy atom. The lowest BCUT2D eigenvalue weighted by Gasteiger charge is -2.06. The zero-order valence-corrected chi connectivity index (χ0v) is 17.1. The molecule has 156 valence electrons. The van der Waals surface area contributed by atoms with E-state index in [0.29, 0.717) is 22.1 Å². The summed E-state index contributed by atoms with van der Waals surface area (Å²) in [7, 11) is -8.42. The van der Waals surface area contributed by atoms with Gasteiger partial charge in [0, 0.05) is 21.8 Å². The first-order valence-electron chi connectivity index (χ1n) is 8.54. The van der Waals surface area contributed by atoms with Crippen LogP contribution in [0.25, 0.3) is 21.5 Å². The molecular formula is C20H18N2O6S2. The van der Waals surface area contributed by atoms with Crippen LogP contribution in [0.2, 0.25) is 0 Å². The van der Waals surface area contributed by atoms with Gasteiger partial charge in [-0.1, -0.05) is 60.7 Å². The Bertz CT molecular complexity index is 1430. The summed E-state index contributed by atoms with van der Waals surface area (Å²) in [5.74, 6) is 0. The minimum Gasteiger partial charge on any atom is -0.398 e. The molecule has 0 aliphatic rings. The van der Waals surface area contributed by atoms with E-state index in [0.717, 1.165) is 10.8 Å². The Kier molecular flexibility index (Phi) is 5.94. The van der Waals surface area contributed by atoms with Gasteiger partial charge in [0.15, 0.2) is 0 Å².